The molecule has 11 nitrogen and oxygen atoms in total. The van der Waals surface area contributed by atoms with Gasteiger partial charge >= 0.3 is 23.9 Å². The Morgan fingerprint density at radius 3 is 0.333 bits per heavy atom. The molecule has 0 spiro atoms. The summed E-state index contributed by atoms with van der Waals surface area (Å²) in [5.41, 5.74) is 0. The van der Waals surface area contributed by atoms with Crippen LogP contribution in [0.1, 0.15) is 0 Å². The van der Waals surface area contributed by atoms with Gasteiger partial charge in [-0.15, -0.1) is 0 Å². The summed E-state index contributed by atoms with van der Waals surface area (Å²) in [6.45, 7) is 12.2. The molecule has 0 saturated carbocycles. The van der Waals surface area contributed by atoms with Crippen molar-refractivity contribution in [2.75, 3.05) is 132 Å². The molecule has 220 valence electrons. The number of rotatable bonds is 0. The van der Waals surface area contributed by atoms with Crippen LogP contribution in [0.15, 0.2) is 0 Å². The first-order chi connectivity index (χ1) is 15.0. The summed E-state index contributed by atoms with van der Waals surface area (Å²) >= 11 is 0. The molecule has 0 unspecified atom stereocenters. The van der Waals surface area contributed by atoms with Crippen molar-refractivity contribution in [2.24, 2.45) is 0 Å². The van der Waals surface area contributed by atoms with E-state index in [1.165, 1.54) is 0 Å². The second kappa shape index (κ2) is 45.8. The number of hydrogen-bond donors (Lipinski definition) is 0. The Labute approximate surface area is 247 Å². The monoisotopic (exact) mass is 678 g/mol. The van der Waals surface area contributed by atoms with E-state index >= 15 is 0 Å². The summed E-state index contributed by atoms with van der Waals surface area (Å²) in [6.07, 6.45) is 0. The van der Waals surface area contributed by atoms with Crippen LogP contribution < -0.4 is 24.8 Å². The summed E-state index contributed by atoms with van der Waals surface area (Å²) in [5.74, 6) is 0. The summed E-state index contributed by atoms with van der Waals surface area (Å²) in [6, 6.07) is 0. The van der Waals surface area contributed by atoms with Crippen LogP contribution in [0.25, 0.3) is 0 Å². The molecule has 2 heterocycles. The largest absolute Gasteiger partial charge is 4.00 e. The molecule has 0 atom stereocenters. The van der Waals surface area contributed by atoms with Gasteiger partial charge in [0.05, 0.1) is 132 Å². The van der Waals surface area contributed by atoms with Crippen LogP contribution in [0.4, 0.5) is 0 Å². The molecule has 0 aliphatic carbocycles. The van der Waals surface area contributed by atoms with Gasteiger partial charge in [0, 0.05) is 0 Å². The van der Waals surface area contributed by atoms with Crippen molar-refractivity contribution in [3.05, 3.63) is 14.9 Å². The van der Waals surface area contributed by atoms with E-state index in [1.807, 2.05) is 0 Å². The van der Waals surface area contributed by atoms with Crippen molar-refractivity contribution in [1.82, 2.24) is 0 Å². The summed E-state index contributed by atoms with van der Waals surface area (Å²) in [7, 11) is 0. The maximum Gasteiger partial charge on any atom is 4.00 e. The third-order valence-electron chi connectivity index (χ3n) is 3.72. The Bertz CT molecular complexity index is 195. The molecule has 0 radical (unpaired) electrons. The minimum absolute atomic E-state index is 0. The predicted octanol–water partition coefficient (Wildman–Crippen LogP) is -6.13. The molecule has 36 heavy (non-hydrogen) atoms. The molecule has 2 aliphatic rings. The first-order valence-electron chi connectivity index (χ1n) is 10.8. The summed E-state index contributed by atoms with van der Waals surface area (Å²) in [5, 5.41) is 0. The van der Waals surface area contributed by atoms with Crippen LogP contribution in [0.2, 0.25) is 0 Å². The van der Waals surface area contributed by atoms with Crippen molar-refractivity contribution >= 4 is 23.9 Å². The fourth-order valence-electron chi connectivity index (χ4n) is 2.20. The van der Waals surface area contributed by atoms with Gasteiger partial charge in [-0.1, -0.05) is 0 Å². The normalized spacial score (nSPS) is 20.0. The van der Waals surface area contributed by atoms with Gasteiger partial charge < -0.3 is 92.5 Å². The standard InChI is InChI=1S/2C10H20O5.2CH3.2ClH.H2O.Sn/c2*1-2-12-5-6-14-9-10-15-8-7-13-4-3-11-1;;;;;;/h2*1-10H2;2*1H3;2*1H;1H2;/q;;2*-1;;;;+4/p-2. The summed E-state index contributed by atoms with van der Waals surface area (Å²) in [4.78, 5) is 0. The zero-order chi connectivity index (χ0) is 21.2. The van der Waals surface area contributed by atoms with Crippen molar-refractivity contribution in [3.63, 3.8) is 0 Å². The topological polar surface area (TPSA) is 124 Å². The third-order valence-corrected chi connectivity index (χ3v) is 3.72. The van der Waals surface area contributed by atoms with Gasteiger partial charge in [0.15, 0.2) is 0 Å². The van der Waals surface area contributed by atoms with E-state index < -0.39 is 0 Å². The molecule has 0 aromatic heterocycles. The average molecular weight is 678 g/mol. The molecule has 0 amide bonds. The molecular weight excluding hydrogens is 630 g/mol. The van der Waals surface area contributed by atoms with Gasteiger partial charge in [-0.25, -0.2) is 0 Å². The Kier molecular flexibility index (Phi) is 63.5. The van der Waals surface area contributed by atoms with E-state index in [9.17, 15) is 0 Å². The second-order valence-corrected chi connectivity index (χ2v) is 6.12. The van der Waals surface area contributed by atoms with E-state index in [1.54, 1.807) is 0 Å². The Morgan fingerprint density at radius 2 is 0.278 bits per heavy atom. The molecule has 2 aliphatic heterocycles. The number of halogens is 2. The third kappa shape index (κ3) is 42.0. The van der Waals surface area contributed by atoms with E-state index in [2.05, 4.69) is 0 Å². The van der Waals surface area contributed by atoms with Crippen molar-refractivity contribution < 1.29 is 77.7 Å². The molecule has 14 heteroatoms. The minimum atomic E-state index is 0. The van der Waals surface area contributed by atoms with Gasteiger partial charge in [0.1, 0.15) is 0 Å². The first-order valence-corrected chi connectivity index (χ1v) is 10.8. The van der Waals surface area contributed by atoms with E-state index in [0.717, 1.165) is 0 Å². The van der Waals surface area contributed by atoms with Gasteiger partial charge in [-0.05, 0) is 0 Å². The fraction of sp³-hybridized carbons (Fsp3) is 0.909. The average Bonchev–Trinajstić information content (AvgIpc) is 2.78. The van der Waals surface area contributed by atoms with Gasteiger partial charge in [0.25, 0.3) is 0 Å². The van der Waals surface area contributed by atoms with E-state index in [-0.39, 0.29) is 69.1 Å². The van der Waals surface area contributed by atoms with Gasteiger partial charge in [-0.2, -0.15) is 0 Å². The molecule has 0 aromatic rings. The molecule has 0 bridgehead atoms. The molecule has 2 rings (SSSR count). The van der Waals surface area contributed by atoms with Crippen LogP contribution in [0.5, 0.6) is 0 Å². The maximum atomic E-state index is 5.28. The maximum absolute atomic E-state index is 5.28. The van der Waals surface area contributed by atoms with Gasteiger partial charge in [0.2, 0.25) is 0 Å². The summed E-state index contributed by atoms with van der Waals surface area (Å²) < 4.78 is 52.8. The number of hydrogen-bond acceptors (Lipinski definition) is 10. The molecular formula is C22H48Cl2O11Sn. The number of ether oxygens (including phenoxy) is 10. The van der Waals surface area contributed by atoms with E-state index in [4.69, 9.17) is 47.4 Å². The van der Waals surface area contributed by atoms with Crippen molar-refractivity contribution in [2.45, 2.75) is 0 Å². The predicted molar refractivity (Wildman–Crippen MR) is 130 cm³/mol. The molecule has 2 saturated heterocycles. The van der Waals surface area contributed by atoms with Gasteiger partial charge in [-0.3, -0.25) is 0 Å². The van der Waals surface area contributed by atoms with Crippen LogP contribution in [0.3, 0.4) is 0 Å². The molecule has 2 fully saturated rings. The van der Waals surface area contributed by atoms with Crippen molar-refractivity contribution in [3.8, 4) is 0 Å². The zero-order valence-corrected chi connectivity index (χ0v) is 26.3. The van der Waals surface area contributed by atoms with Crippen LogP contribution in [-0.2, 0) is 47.4 Å². The Hall–Kier alpha value is 0.939. The molecule has 0 aromatic carbocycles. The second-order valence-electron chi connectivity index (χ2n) is 6.12. The Balaban J connectivity index is -0.000000107. The Morgan fingerprint density at radius 1 is 0.222 bits per heavy atom. The molecule has 2 N–H and O–H groups in total. The fourth-order valence-corrected chi connectivity index (χ4v) is 2.20. The van der Waals surface area contributed by atoms with Crippen molar-refractivity contribution in [1.29, 1.82) is 0 Å². The minimum Gasteiger partial charge on any atom is -1.00 e. The van der Waals surface area contributed by atoms with E-state index in [0.29, 0.717) is 132 Å². The first kappa shape index (κ1) is 49.8. The van der Waals surface area contributed by atoms with Crippen LogP contribution in [-0.4, -0.2) is 162 Å². The zero-order valence-electron chi connectivity index (χ0n) is 22.0. The smallest absolute Gasteiger partial charge is 1.00 e. The van der Waals surface area contributed by atoms with Crippen LogP contribution in [0, 0.1) is 14.9 Å². The van der Waals surface area contributed by atoms with Crippen LogP contribution >= 0.6 is 0 Å². The quantitative estimate of drug-likeness (QED) is 0.181. The SMILES string of the molecule is C1COCCOCCOCCOCCO1.C1COCCOCCOCCOCCO1.O.[CH3-].[CH3-].[Cl-].[Cl-].[Sn+4].